The minimum absolute atomic E-state index is 0.0300. The standard InChI is InChI=1S/C25H25F3N4O5/c1-22(2)23(11-34-12-23)24(13-36-21(29)32-24)17-9-15(7-8-19(17)37-22)31-20(33)18-6-4-3-5-16(10-30-18)35-14-25(26,27)28/h3-10H,11-14H2,1-2H3,(H2,29,32)(H,31,33)/b4-3+,5-3?,6-4?,16-5-,16-10?,18-6?,30-10?,30-18?. The van der Waals surface area contributed by atoms with Gasteiger partial charge in [-0.25, -0.2) is 9.98 Å². The highest BCUT2D eigenvalue weighted by Crippen LogP contribution is 2.62. The number of halogens is 3. The molecule has 5 rings (SSSR count). The lowest BCUT2D eigenvalue weighted by Gasteiger charge is -2.61. The number of alkyl halides is 3. The number of hydrogen-bond acceptors (Lipinski definition) is 8. The van der Waals surface area contributed by atoms with Gasteiger partial charge >= 0.3 is 6.18 Å². The molecule has 2 spiro atoms. The fourth-order valence-electron chi connectivity index (χ4n) is 4.95. The summed E-state index contributed by atoms with van der Waals surface area (Å²) in [7, 11) is 0. The van der Waals surface area contributed by atoms with E-state index in [4.69, 9.17) is 29.7 Å². The van der Waals surface area contributed by atoms with Crippen LogP contribution < -0.4 is 15.8 Å². The number of allylic oxidation sites excluding steroid dienone is 5. The summed E-state index contributed by atoms with van der Waals surface area (Å²) < 4.78 is 59.8. The van der Waals surface area contributed by atoms with Crippen molar-refractivity contribution in [2.24, 2.45) is 21.1 Å². The van der Waals surface area contributed by atoms with E-state index in [0.717, 1.165) is 6.21 Å². The number of hydrogen-bond donors (Lipinski definition) is 2. The molecule has 9 nitrogen and oxygen atoms in total. The molecule has 1 aromatic carbocycles. The Labute approximate surface area is 210 Å². The molecule has 1 aromatic rings. The van der Waals surface area contributed by atoms with E-state index in [-0.39, 0.29) is 24.1 Å². The van der Waals surface area contributed by atoms with E-state index in [0.29, 0.717) is 30.2 Å². The summed E-state index contributed by atoms with van der Waals surface area (Å²) in [5.74, 6) is -0.117. The maximum atomic E-state index is 13.0. The molecule has 0 bridgehead atoms. The van der Waals surface area contributed by atoms with Gasteiger partial charge in [-0.05, 0) is 44.2 Å². The Morgan fingerprint density at radius 2 is 1.95 bits per heavy atom. The number of amides is 1. The summed E-state index contributed by atoms with van der Waals surface area (Å²) in [5.41, 5.74) is 5.03. The zero-order chi connectivity index (χ0) is 26.5. The van der Waals surface area contributed by atoms with Gasteiger partial charge in [-0.1, -0.05) is 12.2 Å². The Balaban J connectivity index is 1.40. The highest BCUT2D eigenvalue weighted by atomic mass is 19.4. The minimum Gasteiger partial charge on any atom is -0.487 e. The van der Waals surface area contributed by atoms with Crippen LogP contribution >= 0.6 is 0 Å². The van der Waals surface area contributed by atoms with E-state index < -0.39 is 35.2 Å². The number of aliphatic imine (C=N–C) groups is 2. The Hall–Kier alpha value is -3.80. The van der Waals surface area contributed by atoms with Crippen molar-refractivity contribution in [1.82, 2.24) is 0 Å². The van der Waals surface area contributed by atoms with Gasteiger partial charge in [0.25, 0.3) is 11.9 Å². The summed E-state index contributed by atoms with van der Waals surface area (Å²) in [6.45, 7) is 3.49. The maximum absolute atomic E-state index is 13.0. The maximum Gasteiger partial charge on any atom is 0.422 e. The molecular weight excluding hydrogens is 493 g/mol. The average Bonchev–Trinajstić information content (AvgIpc) is 3.13. The third kappa shape index (κ3) is 4.24. The van der Waals surface area contributed by atoms with E-state index in [9.17, 15) is 18.0 Å². The summed E-state index contributed by atoms with van der Waals surface area (Å²) in [6, 6.07) is 5.25. The quantitative estimate of drug-likeness (QED) is 0.632. The number of carbonyl (C=O) groups is 1. The molecule has 1 fully saturated rings. The lowest BCUT2D eigenvalue weighted by molar-refractivity contribution is -0.247. The van der Waals surface area contributed by atoms with Gasteiger partial charge in [-0.15, -0.1) is 0 Å². The van der Waals surface area contributed by atoms with E-state index in [1.54, 1.807) is 18.2 Å². The van der Waals surface area contributed by atoms with Crippen molar-refractivity contribution in [3.05, 3.63) is 59.5 Å². The monoisotopic (exact) mass is 518 g/mol. The molecule has 4 aliphatic rings. The van der Waals surface area contributed by atoms with Gasteiger partial charge in [0.05, 0.1) is 24.8 Å². The van der Waals surface area contributed by atoms with Gasteiger partial charge in [0, 0.05) is 11.3 Å². The number of nitrogens with zero attached hydrogens (tertiary/aromatic N) is 2. The number of anilines is 1. The van der Waals surface area contributed by atoms with Gasteiger partial charge in [-0.3, -0.25) is 4.79 Å². The molecule has 0 aliphatic carbocycles. The molecule has 3 N–H and O–H groups in total. The topological polar surface area (TPSA) is 117 Å². The predicted molar refractivity (Wildman–Crippen MR) is 128 cm³/mol. The van der Waals surface area contributed by atoms with Crippen molar-refractivity contribution in [2.75, 3.05) is 31.7 Å². The second-order valence-corrected chi connectivity index (χ2v) is 9.62. The molecule has 4 aliphatic heterocycles. The Morgan fingerprint density at radius 1 is 1.19 bits per heavy atom. The first-order valence-electron chi connectivity index (χ1n) is 11.5. The highest BCUT2D eigenvalue weighted by Gasteiger charge is 2.71. The molecule has 1 amide bonds. The molecule has 37 heavy (non-hydrogen) atoms. The van der Waals surface area contributed by atoms with E-state index in [1.165, 1.54) is 24.3 Å². The van der Waals surface area contributed by atoms with Gasteiger partial charge in [-0.2, -0.15) is 13.2 Å². The number of benzene rings is 1. The van der Waals surface area contributed by atoms with Gasteiger partial charge < -0.3 is 30.0 Å². The molecule has 1 atom stereocenters. The van der Waals surface area contributed by atoms with Crippen LogP contribution in [0.3, 0.4) is 0 Å². The highest BCUT2D eigenvalue weighted by molar-refractivity contribution is 6.05. The lowest BCUT2D eigenvalue weighted by Crippen LogP contribution is -2.71. The molecule has 0 radical (unpaired) electrons. The van der Waals surface area contributed by atoms with Crippen LogP contribution in [0.2, 0.25) is 0 Å². The summed E-state index contributed by atoms with van der Waals surface area (Å²) >= 11 is 0. The van der Waals surface area contributed by atoms with Crippen LogP contribution in [-0.2, 0) is 24.5 Å². The molecule has 0 aromatic heterocycles. The number of amidine groups is 1. The van der Waals surface area contributed by atoms with Crippen LogP contribution in [0.15, 0.2) is 63.9 Å². The van der Waals surface area contributed by atoms with E-state index in [1.807, 2.05) is 13.8 Å². The zero-order valence-corrected chi connectivity index (χ0v) is 20.1. The third-order valence-electron chi connectivity index (χ3n) is 7.01. The molecule has 4 heterocycles. The first-order valence-corrected chi connectivity index (χ1v) is 11.5. The molecule has 12 heteroatoms. The molecule has 1 saturated heterocycles. The first-order chi connectivity index (χ1) is 17.4. The van der Waals surface area contributed by atoms with Gasteiger partial charge in [0.1, 0.15) is 35.0 Å². The molecule has 196 valence electrons. The van der Waals surface area contributed by atoms with Crippen LogP contribution in [0, 0.1) is 5.41 Å². The second kappa shape index (κ2) is 8.65. The van der Waals surface area contributed by atoms with Crippen molar-refractivity contribution in [1.29, 1.82) is 0 Å². The van der Waals surface area contributed by atoms with Crippen LogP contribution in [0.4, 0.5) is 18.9 Å². The van der Waals surface area contributed by atoms with E-state index >= 15 is 0 Å². The van der Waals surface area contributed by atoms with Crippen LogP contribution in [-0.4, -0.2) is 56.3 Å². The fourth-order valence-corrected chi connectivity index (χ4v) is 4.95. The van der Waals surface area contributed by atoms with Crippen molar-refractivity contribution in [3.63, 3.8) is 0 Å². The van der Waals surface area contributed by atoms with Crippen molar-refractivity contribution in [3.8, 4) is 5.75 Å². The van der Waals surface area contributed by atoms with Crippen LogP contribution in [0.25, 0.3) is 0 Å². The smallest absolute Gasteiger partial charge is 0.422 e. The number of ether oxygens (including phenoxy) is 4. The largest absolute Gasteiger partial charge is 0.487 e. The third-order valence-corrected chi connectivity index (χ3v) is 7.01. The summed E-state index contributed by atoms with van der Waals surface area (Å²) in [6.07, 6.45) is 2.25. The van der Waals surface area contributed by atoms with Crippen LogP contribution in [0.1, 0.15) is 19.4 Å². The normalized spacial score (nSPS) is 27.2. The number of carbonyl (C=O) groups excluding carboxylic acids is 1. The van der Waals surface area contributed by atoms with Crippen LogP contribution in [0.5, 0.6) is 5.75 Å². The molecule has 1 unspecified atom stereocenters. The van der Waals surface area contributed by atoms with Crippen molar-refractivity contribution in [2.45, 2.75) is 31.2 Å². The molecule has 0 saturated carbocycles. The number of nitrogens with two attached hydrogens (primary N) is 1. The summed E-state index contributed by atoms with van der Waals surface area (Å²) in [4.78, 5) is 21.7. The first kappa shape index (κ1) is 24.9. The lowest BCUT2D eigenvalue weighted by atomic mass is 9.55. The number of nitrogens with one attached hydrogen (secondary N) is 1. The second-order valence-electron chi connectivity index (χ2n) is 9.62. The summed E-state index contributed by atoms with van der Waals surface area (Å²) in [5, 5.41) is 2.78. The van der Waals surface area contributed by atoms with Gasteiger partial charge in [0.15, 0.2) is 6.61 Å². The molecular formula is C25H25F3N4O5. The van der Waals surface area contributed by atoms with E-state index in [2.05, 4.69) is 10.3 Å². The van der Waals surface area contributed by atoms with Gasteiger partial charge in [0.2, 0.25) is 0 Å². The Kier molecular flexibility index (Phi) is 5.81. The van der Waals surface area contributed by atoms with Crippen molar-refractivity contribution < 1.29 is 36.9 Å². The Bertz CT molecular complexity index is 1280. The number of rotatable bonds is 4. The Morgan fingerprint density at radius 3 is 2.59 bits per heavy atom. The average molecular weight is 518 g/mol. The predicted octanol–water partition coefficient (Wildman–Crippen LogP) is 3.34. The van der Waals surface area contributed by atoms with Crippen molar-refractivity contribution >= 4 is 23.8 Å². The minimum atomic E-state index is -4.50. The zero-order valence-electron chi connectivity index (χ0n) is 20.1. The number of fused-ring (bicyclic) bond motifs is 3. The SMILES string of the molecule is CC1(C)Oc2ccc(NC(=O)C3=C/C=C/C=C(\OCC(F)(F)F)C=N3)cc2C2(COC(N)=N2)C12COC2. The fraction of sp³-hybridized carbons (Fsp3) is 0.400.